The van der Waals surface area contributed by atoms with Gasteiger partial charge in [-0.25, -0.2) is 0 Å². The van der Waals surface area contributed by atoms with Gasteiger partial charge in [-0.15, -0.1) is 0 Å². The Morgan fingerprint density at radius 1 is 0.667 bits per heavy atom. The first-order chi connectivity index (χ1) is 3.71. The summed E-state index contributed by atoms with van der Waals surface area (Å²) in [5.74, 6) is 0. The Balaban J connectivity index is -0.000000107. The van der Waals surface area contributed by atoms with Gasteiger partial charge in [-0.1, -0.05) is 39.3 Å². The molecule has 0 aliphatic heterocycles. The molecule has 0 fully saturated rings. The van der Waals surface area contributed by atoms with Crippen molar-refractivity contribution in [2.75, 3.05) is 0 Å². The van der Waals surface area contributed by atoms with Crippen molar-refractivity contribution in [2.24, 2.45) is 0 Å². The van der Waals surface area contributed by atoms with Gasteiger partial charge in [0.1, 0.15) is 16.5 Å². The maximum Gasteiger partial charge on any atom is 2.00 e. The van der Waals surface area contributed by atoms with Crippen molar-refractivity contribution in [1.29, 1.82) is 0 Å². The normalized spacial score (nSPS) is 10.5. The molecular formula is C6H19Cl2MgNSi2. The van der Waals surface area contributed by atoms with Crippen molar-refractivity contribution in [3.8, 4) is 0 Å². The number of hydrogen-bond donors (Lipinski definition) is 1. The molecule has 6 heteroatoms. The van der Waals surface area contributed by atoms with Crippen LogP contribution in [-0.4, -0.2) is 39.5 Å². The van der Waals surface area contributed by atoms with Crippen LogP contribution < -0.4 is 29.5 Å². The molecule has 72 valence electrons. The zero-order chi connectivity index (χ0) is 7.71. The predicted octanol–water partition coefficient (Wildman–Crippen LogP) is -4.13. The Morgan fingerprint density at radius 3 is 0.833 bits per heavy atom. The molecule has 0 aromatic rings. The summed E-state index contributed by atoms with van der Waals surface area (Å²) < 4.78 is 3.74. The number of halogens is 2. The van der Waals surface area contributed by atoms with Gasteiger partial charge in [0.25, 0.3) is 0 Å². The molecule has 0 spiro atoms. The Labute approximate surface area is 108 Å². The van der Waals surface area contributed by atoms with Crippen molar-refractivity contribution < 1.29 is 24.8 Å². The van der Waals surface area contributed by atoms with Crippen LogP contribution in [0.2, 0.25) is 39.3 Å². The van der Waals surface area contributed by atoms with Crippen LogP contribution in [0, 0.1) is 0 Å². The SMILES string of the molecule is C[Si](C)(C)N[Si](C)(C)C.[Cl-].[Cl-].[Mg+2]. The molecule has 1 N–H and O–H groups in total. The second-order valence-electron chi connectivity index (χ2n) is 4.62. The first-order valence-corrected chi connectivity index (χ1v) is 10.5. The third-order valence-electron chi connectivity index (χ3n) is 0.750. The van der Waals surface area contributed by atoms with Gasteiger partial charge in [0, 0.05) is 0 Å². The number of nitrogens with one attached hydrogen (secondary N) is 1. The van der Waals surface area contributed by atoms with Gasteiger partial charge < -0.3 is 29.5 Å². The van der Waals surface area contributed by atoms with E-state index < -0.39 is 16.5 Å². The van der Waals surface area contributed by atoms with Crippen LogP contribution in [-0.2, 0) is 0 Å². The first-order valence-electron chi connectivity index (χ1n) is 3.50. The van der Waals surface area contributed by atoms with Crippen LogP contribution in [0.3, 0.4) is 0 Å². The van der Waals surface area contributed by atoms with Crippen molar-refractivity contribution in [2.45, 2.75) is 39.3 Å². The largest absolute Gasteiger partial charge is 2.00 e. The first kappa shape index (κ1) is 23.5. The standard InChI is InChI=1S/C6H19NSi2.2ClH.Mg/c1-8(2,3)7-9(4,5)6;;;/h7H,1-6H3;2*1H;/q;;;+2/p-2. The van der Waals surface area contributed by atoms with E-state index in [2.05, 4.69) is 43.9 Å². The van der Waals surface area contributed by atoms with Crippen LogP contribution in [0.4, 0.5) is 0 Å². The fourth-order valence-corrected chi connectivity index (χ4v) is 10.1. The molecule has 0 radical (unpaired) electrons. The molecule has 0 bridgehead atoms. The average molecular weight is 257 g/mol. The molecule has 1 nitrogen and oxygen atoms in total. The van der Waals surface area contributed by atoms with Crippen molar-refractivity contribution >= 4 is 39.5 Å². The molecule has 0 unspecified atom stereocenters. The Hall–Kier alpha value is 1.74. The topological polar surface area (TPSA) is 12.0 Å². The smallest absolute Gasteiger partial charge is 1.00 e. The van der Waals surface area contributed by atoms with E-state index in [1.807, 2.05) is 0 Å². The van der Waals surface area contributed by atoms with E-state index in [0.29, 0.717) is 0 Å². The van der Waals surface area contributed by atoms with E-state index in [-0.39, 0.29) is 47.9 Å². The molecular weight excluding hydrogens is 237 g/mol. The molecule has 0 amide bonds. The zero-order valence-corrected chi connectivity index (χ0v) is 13.9. The minimum absolute atomic E-state index is 0. The number of hydrogen-bond acceptors (Lipinski definition) is 1. The van der Waals surface area contributed by atoms with Crippen molar-refractivity contribution in [1.82, 2.24) is 4.65 Å². The summed E-state index contributed by atoms with van der Waals surface area (Å²) in [6.45, 7) is 14.1. The Morgan fingerprint density at radius 2 is 0.833 bits per heavy atom. The maximum absolute atomic E-state index is 3.74. The molecule has 0 saturated carbocycles. The summed E-state index contributed by atoms with van der Waals surface area (Å²) in [6.07, 6.45) is 0. The second-order valence-corrected chi connectivity index (χ2v) is 14.6. The van der Waals surface area contributed by atoms with Gasteiger partial charge in [0.05, 0.1) is 0 Å². The van der Waals surface area contributed by atoms with E-state index in [4.69, 9.17) is 0 Å². The van der Waals surface area contributed by atoms with Crippen molar-refractivity contribution in [3.63, 3.8) is 0 Å². The van der Waals surface area contributed by atoms with Gasteiger partial charge in [-0.2, -0.15) is 0 Å². The van der Waals surface area contributed by atoms with Crippen LogP contribution in [0.25, 0.3) is 0 Å². The molecule has 0 rings (SSSR count). The fourth-order valence-electron chi connectivity index (χ4n) is 1.12. The van der Waals surface area contributed by atoms with Crippen molar-refractivity contribution in [3.05, 3.63) is 0 Å². The maximum atomic E-state index is 3.74. The quantitative estimate of drug-likeness (QED) is 0.495. The summed E-state index contributed by atoms with van der Waals surface area (Å²) in [7, 11) is -1.96. The fraction of sp³-hybridized carbons (Fsp3) is 1.00. The van der Waals surface area contributed by atoms with Gasteiger partial charge >= 0.3 is 23.1 Å². The molecule has 12 heavy (non-hydrogen) atoms. The third-order valence-corrected chi connectivity index (χ3v) is 6.75. The van der Waals surface area contributed by atoms with Crippen LogP contribution >= 0.6 is 0 Å². The summed E-state index contributed by atoms with van der Waals surface area (Å²) in [4.78, 5) is 0. The molecule has 0 aliphatic carbocycles. The zero-order valence-electron chi connectivity index (χ0n) is 8.96. The van der Waals surface area contributed by atoms with E-state index in [0.717, 1.165) is 0 Å². The van der Waals surface area contributed by atoms with E-state index in [1.54, 1.807) is 0 Å². The van der Waals surface area contributed by atoms with Crippen LogP contribution in [0.15, 0.2) is 0 Å². The van der Waals surface area contributed by atoms with E-state index in [9.17, 15) is 0 Å². The summed E-state index contributed by atoms with van der Waals surface area (Å²) in [5, 5.41) is 0. The molecule has 0 aromatic heterocycles. The molecule has 0 saturated heterocycles. The van der Waals surface area contributed by atoms with Gasteiger partial charge in [-0.3, -0.25) is 0 Å². The molecule has 0 heterocycles. The van der Waals surface area contributed by atoms with Gasteiger partial charge in [-0.05, 0) is 0 Å². The third kappa shape index (κ3) is 22.6. The number of rotatable bonds is 2. The average Bonchev–Trinajstić information content (AvgIpc) is 1.14. The van der Waals surface area contributed by atoms with Crippen LogP contribution in [0.5, 0.6) is 0 Å². The van der Waals surface area contributed by atoms with Gasteiger partial charge in [0.15, 0.2) is 0 Å². The molecule has 0 atom stereocenters. The Bertz CT molecular complexity index is 88.7. The second kappa shape index (κ2) is 8.08. The van der Waals surface area contributed by atoms with E-state index >= 15 is 0 Å². The summed E-state index contributed by atoms with van der Waals surface area (Å²) in [6, 6.07) is 0. The Kier molecular flexibility index (Phi) is 15.8. The molecule has 0 aliphatic rings. The minimum atomic E-state index is -0.981. The van der Waals surface area contributed by atoms with Crippen LogP contribution in [0.1, 0.15) is 0 Å². The monoisotopic (exact) mass is 255 g/mol. The van der Waals surface area contributed by atoms with Gasteiger partial charge in [0.2, 0.25) is 0 Å². The molecule has 0 aromatic carbocycles. The minimum Gasteiger partial charge on any atom is -1.00 e. The predicted molar refractivity (Wildman–Crippen MR) is 55.6 cm³/mol. The summed E-state index contributed by atoms with van der Waals surface area (Å²) in [5.41, 5.74) is 0. The summed E-state index contributed by atoms with van der Waals surface area (Å²) >= 11 is 0. The van der Waals surface area contributed by atoms with E-state index in [1.165, 1.54) is 0 Å².